The van der Waals surface area contributed by atoms with Gasteiger partial charge in [0.05, 0.1) is 23.8 Å². The predicted molar refractivity (Wildman–Crippen MR) is 163 cm³/mol. The standard InChI is InChI=1S/C33H41N3O5S/c1-23-29(22-42-31-9-5-7-19-35-31)40-33(41-32(23)27-14-12-26(21-37)13-15-27)28-16-10-25(11-17-28)20-36-30(39)8-4-3-6-18-34-24(2)38/h5,7,9-17,19,23,29,32-33,37H,3-4,6,8,18,20-22H2,1-2H3,(H,34,38)(H,36,39)/t23-,29+,32+,33+/m1/s1. The highest BCUT2D eigenvalue weighted by Crippen LogP contribution is 2.42. The lowest BCUT2D eigenvalue weighted by molar-refractivity contribution is -0.268. The van der Waals surface area contributed by atoms with Gasteiger partial charge in [-0.05, 0) is 41.7 Å². The van der Waals surface area contributed by atoms with Crippen molar-refractivity contribution in [1.29, 1.82) is 0 Å². The van der Waals surface area contributed by atoms with Crippen LogP contribution >= 0.6 is 11.8 Å². The van der Waals surface area contributed by atoms with Gasteiger partial charge in [-0.25, -0.2) is 4.98 Å². The monoisotopic (exact) mass is 591 g/mol. The molecule has 1 saturated heterocycles. The molecule has 3 N–H and O–H groups in total. The van der Waals surface area contributed by atoms with Crippen molar-refractivity contribution in [1.82, 2.24) is 15.6 Å². The topological polar surface area (TPSA) is 110 Å². The Morgan fingerprint density at radius 3 is 2.33 bits per heavy atom. The van der Waals surface area contributed by atoms with E-state index in [1.165, 1.54) is 6.92 Å². The molecule has 1 aliphatic heterocycles. The Labute approximate surface area is 252 Å². The predicted octanol–water partition coefficient (Wildman–Crippen LogP) is 5.47. The van der Waals surface area contributed by atoms with Gasteiger partial charge >= 0.3 is 0 Å². The molecule has 2 heterocycles. The number of thioether (sulfide) groups is 1. The van der Waals surface area contributed by atoms with E-state index in [1.807, 2.05) is 66.7 Å². The molecule has 2 amide bonds. The lowest BCUT2D eigenvalue weighted by Crippen LogP contribution is -2.38. The van der Waals surface area contributed by atoms with Crippen LogP contribution in [0.3, 0.4) is 0 Å². The normalized spacial score (nSPS) is 20.2. The number of hydrogen-bond acceptors (Lipinski definition) is 7. The molecule has 1 aromatic heterocycles. The third-order valence-corrected chi connectivity index (χ3v) is 8.39. The summed E-state index contributed by atoms with van der Waals surface area (Å²) in [5.41, 5.74) is 3.83. The molecule has 0 spiro atoms. The molecule has 2 aromatic carbocycles. The number of aliphatic hydroxyl groups excluding tert-OH is 1. The van der Waals surface area contributed by atoms with Gasteiger partial charge in [0.15, 0.2) is 6.29 Å². The van der Waals surface area contributed by atoms with Gasteiger partial charge in [-0.3, -0.25) is 9.59 Å². The van der Waals surface area contributed by atoms with Crippen LogP contribution in [0.2, 0.25) is 0 Å². The van der Waals surface area contributed by atoms with E-state index >= 15 is 0 Å². The Bertz CT molecular complexity index is 1260. The van der Waals surface area contributed by atoms with Crippen molar-refractivity contribution in [3.05, 3.63) is 95.2 Å². The van der Waals surface area contributed by atoms with Crippen LogP contribution in [0.4, 0.5) is 0 Å². The van der Waals surface area contributed by atoms with Gasteiger partial charge in [0.25, 0.3) is 0 Å². The van der Waals surface area contributed by atoms with Crippen molar-refractivity contribution < 1.29 is 24.2 Å². The number of nitrogens with one attached hydrogen (secondary N) is 2. The summed E-state index contributed by atoms with van der Waals surface area (Å²) in [7, 11) is 0. The number of nitrogens with zero attached hydrogens (tertiary/aromatic N) is 1. The van der Waals surface area contributed by atoms with Crippen LogP contribution in [0.25, 0.3) is 0 Å². The molecule has 8 nitrogen and oxygen atoms in total. The fourth-order valence-corrected chi connectivity index (χ4v) is 5.87. The van der Waals surface area contributed by atoms with E-state index in [2.05, 4.69) is 22.5 Å². The summed E-state index contributed by atoms with van der Waals surface area (Å²) in [5, 5.41) is 16.2. The number of aromatic nitrogens is 1. The average Bonchev–Trinajstić information content (AvgIpc) is 3.02. The molecular formula is C33H41N3O5S. The maximum atomic E-state index is 12.3. The van der Waals surface area contributed by atoms with Crippen LogP contribution in [0, 0.1) is 5.92 Å². The minimum Gasteiger partial charge on any atom is -0.392 e. The molecule has 1 aliphatic rings. The van der Waals surface area contributed by atoms with Crippen molar-refractivity contribution in [2.75, 3.05) is 12.3 Å². The number of benzene rings is 2. The summed E-state index contributed by atoms with van der Waals surface area (Å²) in [6, 6.07) is 21.8. The molecule has 0 saturated carbocycles. The number of hydrogen-bond donors (Lipinski definition) is 3. The van der Waals surface area contributed by atoms with Crippen LogP contribution in [-0.2, 0) is 32.2 Å². The number of carbonyl (C=O) groups is 2. The van der Waals surface area contributed by atoms with E-state index in [-0.39, 0.29) is 36.5 Å². The zero-order chi connectivity index (χ0) is 29.7. The third kappa shape index (κ3) is 9.66. The summed E-state index contributed by atoms with van der Waals surface area (Å²) in [4.78, 5) is 27.6. The molecule has 3 aromatic rings. The molecule has 0 radical (unpaired) electrons. The van der Waals surface area contributed by atoms with Gasteiger partial charge < -0.3 is 25.2 Å². The van der Waals surface area contributed by atoms with E-state index in [1.54, 1.807) is 18.0 Å². The fourth-order valence-electron chi connectivity index (χ4n) is 4.84. The molecule has 9 heteroatoms. The van der Waals surface area contributed by atoms with Gasteiger partial charge in [-0.1, -0.05) is 67.9 Å². The molecule has 1 fully saturated rings. The molecule has 4 rings (SSSR count). The molecule has 0 bridgehead atoms. The minimum atomic E-state index is -0.542. The summed E-state index contributed by atoms with van der Waals surface area (Å²) in [6.45, 7) is 4.77. The number of carbonyl (C=O) groups excluding carboxylic acids is 2. The van der Waals surface area contributed by atoms with E-state index in [0.717, 1.165) is 52.3 Å². The molecule has 0 aliphatic carbocycles. The lowest BCUT2D eigenvalue weighted by Gasteiger charge is -2.41. The van der Waals surface area contributed by atoms with Crippen molar-refractivity contribution >= 4 is 23.6 Å². The molecule has 4 atom stereocenters. The van der Waals surface area contributed by atoms with Gasteiger partial charge in [-0.15, -0.1) is 11.8 Å². The van der Waals surface area contributed by atoms with Crippen LogP contribution < -0.4 is 10.6 Å². The number of amides is 2. The second-order valence-electron chi connectivity index (χ2n) is 10.6. The summed E-state index contributed by atoms with van der Waals surface area (Å²) in [6.07, 6.45) is 4.04. The highest BCUT2D eigenvalue weighted by atomic mass is 32.2. The molecule has 0 unspecified atom stereocenters. The van der Waals surface area contributed by atoms with Crippen molar-refractivity contribution in [3.8, 4) is 0 Å². The van der Waals surface area contributed by atoms with E-state index in [4.69, 9.17) is 9.47 Å². The number of aliphatic hydroxyl groups is 1. The molecular weight excluding hydrogens is 550 g/mol. The van der Waals surface area contributed by atoms with Crippen LogP contribution in [0.5, 0.6) is 0 Å². The largest absolute Gasteiger partial charge is 0.392 e. The first kappa shape index (κ1) is 31.7. The summed E-state index contributed by atoms with van der Waals surface area (Å²) < 4.78 is 13.1. The van der Waals surface area contributed by atoms with E-state index in [9.17, 15) is 14.7 Å². The number of ether oxygens (including phenoxy) is 2. The SMILES string of the molecule is CC(=O)NCCCCCC(=O)NCc1ccc([C@H]2O[C@@H](CSc3ccccn3)[C@@H](C)[C@@H](c3ccc(CO)cc3)O2)cc1. The Kier molecular flexibility index (Phi) is 12.4. The van der Waals surface area contributed by atoms with E-state index in [0.29, 0.717) is 19.5 Å². The Morgan fingerprint density at radius 2 is 1.64 bits per heavy atom. The average molecular weight is 592 g/mol. The Morgan fingerprint density at radius 1 is 0.905 bits per heavy atom. The fraction of sp³-hybridized carbons (Fsp3) is 0.424. The maximum absolute atomic E-state index is 12.3. The van der Waals surface area contributed by atoms with Crippen molar-refractivity contribution in [2.45, 2.75) is 76.2 Å². The van der Waals surface area contributed by atoms with E-state index < -0.39 is 6.29 Å². The first-order valence-corrected chi connectivity index (χ1v) is 15.6. The maximum Gasteiger partial charge on any atom is 0.220 e. The first-order valence-electron chi connectivity index (χ1n) is 14.6. The summed E-state index contributed by atoms with van der Waals surface area (Å²) >= 11 is 1.67. The second kappa shape index (κ2) is 16.4. The van der Waals surface area contributed by atoms with Gasteiger partial charge in [0.2, 0.25) is 11.8 Å². The van der Waals surface area contributed by atoms with Crippen LogP contribution in [-0.4, -0.2) is 40.3 Å². The van der Waals surface area contributed by atoms with Crippen LogP contribution in [0.15, 0.2) is 78.0 Å². The number of pyridine rings is 1. The van der Waals surface area contributed by atoms with Crippen molar-refractivity contribution in [2.24, 2.45) is 5.92 Å². The van der Waals surface area contributed by atoms with Crippen molar-refractivity contribution in [3.63, 3.8) is 0 Å². The van der Waals surface area contributed by atoms with Gasteiger partial charge in [0.1, 0.15) is 0 Å². The Balaban J connectivity index is 1.35. The molecule has 224 valence electrons. The molecule has 42 heavy (non-hydrogen) atoms. The quantitative estimate of drug-likeness (QED) is 0.168. The highest BCUT2D eigenvalue weighted by molar-refractivity contribution is 7.99. The zero-order valence-corrected chi connectivity index (χ0v) is 25.1. The number of rotatable bonds is 14. The summed E-state index contributed by atoms with van der Waals surface area (Å²) in [5.74, 6) is 0.829. The Hall–Kier alpha value is -3.24. The first-order chi connectivity index (χ1) is 20.4. The van der Waals surface area contributed by atoms with Crippen LogP contribution in [0.1, 0.15) is 74.2 Å². The van der Waals surface area contributed by atoms with Gasteiger partial charge in [0, 0.05) is 49.9 Å². The minimum absolute atomic E-state index is 0.00315. The zero-order valence-electron chi connectivity index (χ0n) is 24.3. The second-order valence-corrected chi connectivity index (χ2v) is 11.7. The third-order valence-electron chi connectivity index (χ3n) is 7.35. The smallest absolute Gasteiger partial charge is 0.220 e. The number of unbranched alkanes of at least 4 members (excludes halogenated alkanes) is 2. The lowest BCUT2D eigenvalue weighted by atomic mass is 9.91. The van der Waals surface area contributed by atoms with Gasteiger partial charge in [-0.2, -0.15) is 0 Å². The highest BCUT2D eigenvalue weighted by Gasteiger charge is 2.38.